The van der Waals surface area contributed by atoms with Gasteiger partial charge in [0.25, 0.3) is 5.56 Å². The van der Waals surface area contributed by atoms with Gasteiger partial charge in [0.05, 0.1) is 5.69 Å². The number of aromatic nitrogens is 3. The predicted molar refractivity (Wildman–Crippen MR) is 140 cm³/mol. The molecular formula is C29H27FN4O. The maximum absolute atomic E-state index is 13.6. The molecule has 0 fully saturated rings. The Morgan fingerprint density at radius 3 is 2.29 bits per heavy atom. The van der Waals surface area contributed by atoms with Gasteiger partial charge in [-0.1, -0.05) is 51.1 Å². The fourth-order valence-electron chi connectivity index (χ4n) is 4.11. The zero-order valence-electron chi connectivity index (χ0n) is 20.0. The molecular weight excluding hydrogens is 439 g/mol. The zero-order valence-corrected chi connectivity index (χ0v) is 20.0. The molecule has 2 N–H and O–H groups in total. The highest BCUT2D eigenvalue weighted by atomic mass is 19.1. The van der Waals surface area contributed by atoms with E-state index in [9.17, 15) is 9.18 Å². The second kappa shape index (κ2) is 8.87. The van der Waals surface area contributed by atoms with Gasteiger partial charge in [0, 0.05) is 28.7 Å². The minimum Gasteiger partial charge on any atom is -0.381 e. The molecule has 0 spiro atoms. The van der Waals surface area contributed by atoms with Crippen LogP contribution >= 0.6 is 0 Å². The number of rotatable bonds is 5. The number of para-hydroxylation sites is 1. The van der Waals surface area contributed by atoms with E-state index in [-0.39, 0.29) is 16.8 Å². The molecule has 5 aromatic rings. The molecule has 5 nitrogen and oxygen atoms in total. The van der Waals surface area contributed by atoms with Gasteiger partial charge >= 0.3 is 0 Å². The highest BCUT2D eigenvalue weighted by Gasteiger charge is 2.17. The number of anilines is 1. The molecule has 0 saturated heterocycles. The van der Waals surface area contributed by atoms with Crippen LogP contribution in [0.4, 0.5) is 10.1 Å². The van der Waals surface area contributed by atoms with Crippen LogP contribution in [0.1, 0.15) is 31.9 Å². The first-order chi connectivity index (χ1) is 16.8. The molecule has 0 bridgehead atoms. The Hall–Kier alpha value is -4.19. The lowest BCUT2D eigenvalue weighted by molar-refractivity contribution is 0.590. The van der Waals surface area contributed by atoms with E-state index < -0.39 is 0 Å². The summed E-state index contributed by atoms with van der Waals surface area (Å²) in [5.74, 6) is -0.309. The van der Waals surface area contributed by atoms with Crippen LogP contribution in [0.2, 0.25) is 0 Å². The van der Waals surface area contributed by atoms with E-state index in [0.717, 1.165) is 22.3 Å². The van der Waals surface area contributed by atoms with Gasteiger partial charge in [-0.15, -0.1) is 0 Å². The lowest BCUT2D eigenvalue weighted by Gasteiger charge is -2.19. The number of aromatic amines is 1. The quantitative estimate of drug-likeness (QED) is 0.314. The molecule has 35 heavy (non-hydrogen) atoms. The molecule has 176 valence electrons. The van der Waals surface area contributed by atoms with Gasteiger partial charge < -0.3 is 10.3 Å². The first-order valence-electron chi connectivity index (χ1n) is 11.6. The first-order valence-corrected chi connectivity index (χ1v) is 11.6. The molecule has 3 aromatic carbocycles. The predicted octanol–water partition coefficient (Wildman–Crippen LogP) is 6.43. The van der Waals surface area contributed by atoms with E-state index in [2.05, 4.69) is 43.2 Å². The number of nitrogens with zero attached hydrogens (tertiary/aromatic N) is 2. The highest BCUT2D eigenvalue weighted by Crippen LogP contribution is 2.29. The molecule has 0 aliphatic heterocycles. The van der Waals surface area contributed by atoms with Gasteiger partial charge in [-0.2, -0.15) is 5.10 Å². The zero-order chi connectivity index (χ0) is 24.6. The number of fused-ring (bicyclic) bond motifs is 1. The van der Waals surface area contributed by atoms with Crippen LogP contribution in [0.25, 0.3) is 28.0 Å². The van der Waals surface area contributed by atoms with Crippen molar-refractivity contribution in [3.8, 4) is 16.9 Å². The summed E-state index contributed by atoms with van der Waals surface area (Å²) in [5.41, 5.74) is 5.55. The summed E-state index contributed by atoms with van der Waals surface area (Å²) in [4.78, 5) is 16.1. The third kappa shape index (κ3) is 4.60. The second-order valence-corrected chi connectivity index (χ2v) is 9.67. The normalized spacial score (nSPS) is 11.7. The smallest absolute Gasteiger partial charge is 0.254 e. The number of H-pyrrole nitrogens is 1. The van der Waals surface area contributed by atoms with Crippen molar-refractivity contribution in [3.63, 3.8) is 0 Å². The summed E-state index contributed by atoms with van der Waals surface area (Å²) in [7, 11) is 0. The molecule has 0 radical (unpaired) electrons. The third-order valence-corrected chi connectivity index (χ3v) is 6.12. The van der Waals surface area contributed by atoms with Crippen molar-refractivity contribution in [1.82, 2.24) is 14.8 Å². The van der Waals surface area contributed by atoms with Crippen LogP contribution in [-0.2, 0) is 12.0 Å². The van der Waals surface area contributed by atoms with E-state index in [0.29, 0.717) is 23.4 Å². The Kier molecular flexibility index (Phi) is 5.73. The molecule has 0 amide bonds. The van der Waals surface area contributed by atoms with E-state index in [1.807, 2.05) is 48.5 Å². The van der Waals surface area contributed by atoms with Crippen molar-refractivity contribution in [2.45, 2.75) is 32.7 Å². The number of nitrogens with one attached hydrogen (secondary N) is 2. The van der Waals surface area contributed by atoms with Crippen molar-refractivity contribution in [2.24, 2.45) is 0 Å². The van der Waals surface area contributed by atoms with Crippen LogP contribution in [0.3, 0.4) is 0 Å². The minimum atomic E-state index is -0.309. The van der Waals surface area contributed by atoms with E-state index in [1.165, 1.54) is 17.7 Å². The average Bonchev–Trinajstić information content (AvgIpc) is 3.21. The molecule has 5 rings (SSSR count). The first kappa shape index (κ1) is 22.6. The molecule has 6 heteroatoms. The molecule has 2 aromatic heterocycles. The number of halogens is 1. The van der Waals surface area contributed by atoms with Gasteiger partial charge in [0.15, 0.2) is 0 Å². The summed E-state index contributed by atoms with van der Waals surface area (Å²) >= 11 is 0. The van der Waals surface area contributed by atoms with Gasteiger partial charge in [0.1, 0.15) is 17.2 Å². The largest absolute Gasteiger partial charge is 0.381 e. The van der Waals surface area contributed by atoms with E-state index in [1.54, 1.807) is 16.8 Å². The monoisotopic (exact) mass is 466 g/mol. The number of pyridine rings is 1. The maximum Gasteiger partial charge on any atom is 0.254 e. The molecule has 0 aliphatic rings. The van der Waals surface area contributed by atoms with Crippen molar-refractivity contribution in [1.29, 1.82) is 0 Å². The molecule has 0 atom stereocenters. The SMILES string of the molecule is CC(C)(C)c1ccc(NCc2cc3c(-c4ccc(F)cc4)nn(-c4ccccc4)c3[nH]c2=O)cc1. The Morgan fingerprint density at radius 2 is 1.63 bits per heavy atom. The van der Waals surface area contributed by atoms with Crippen molar-refractivity contribution in [2.75, 3.05) is 5.32 Å². The Bertz CT molecular complexity index is 1530. The molecule has 2 heterocycles. The van der Waals surface area contributed by atoms with Crippen LogP contribution < -0.4 is 10.9 Å². The average molecular weight is 467 g/mol. The van der Waals surface area contributed by atoms with Crippen LogP contribution in [0, 0.1) is 5.82 Å². The van der Waals surface area contributed by atoms with Crippen LogP contribution in [0.15, 0.2) is 89.7 Å². The fraction of sp³-hybridized carbons (Fsp3) is 0.172. The Balaban J connectivity index is 1.55. The topological polar surface area (TPSA) is 62.7 Å². The minimum absolute atomic E-state index is 0.0797. The van der Waals surface area contributed by atoms with Crippen molar-refractivity contribution in [3.05, 3.63) is 112 Å². The Labute approximate surface area is 203 Å². The standard InChI is InChI=1S/C29H27FN4O/c1-29(2,3)21-11-15-23(16-12-21)31-18-20-17-25-26(19-9-13-22(30)14-10-19)33-34(27(25)32-28(20)35)24-7-5-4-6-8-24/h4-17,31H,18H2,1-3H3,(H,32,35). The summed E-state index contributed by atoms with van der Waals surface area (Å²) in [6.45, 7) is 6.90. The summed E-state index contributed by atoms with van der Waals surface area (Å²) in [6.07, 6.45) is 0. The fourth-order valence-corrected chi connectivity index (χ4v) is 4.11. The second-order valence-electron chi connectivity index (χ2n) is 9.67. The number of benzene rings is 3. The summed E-state index contributed by atoms with van der Waals surface area (Å²) in [5, 5.41) is 8.94. The third-order valence-electron chi connectivity index (χ3n) is 6.12. The number of hydrogen-bond donors (Lipinski definition) is 2. The maximum atomic E-state index is 13.6. The van der Waals surface area contributed by atoms with Crippen LogP contribution in [-0.4, -0.2) is 14.8 Å². The van der Waals surface area contributed by atoms with Gasteiger partial charge in [0.2, 0.25) is 0 Å². The van der Waals surface area contributed by atoms with Crippen molar-refractivity contribution < 1.29 is 4.39 Å². The summed E-state index contributed by atoms with van der Waals surface area (Å²) in [6, 6.07) is 26.0. The molecule has 0 unspecified atom stereocenters. The summed E-state index contributed by atoms with van der Waals surface area (Å²) < 4.78 is 15.3. The Morgan fingerprint density at radius 1 is 0.943 bits per heavy atom. The highest BCUT2D eigenvalue weighted by molar-refractivity contribution is 5.92. The molecule has 0 saturated carbocycles. The van der Waals surface area contributed by atoms with Crippen LogP contribution in [0.5, 0.6) is 0 Å². The van der Waals surface area contributed by atoms with Crippen molar-refractivity contribution >= 4 is 16.7 Å². The van der Waals surface area contributed by atoms with E-state index in [4.69, 9.17) is 5.10 Å². The van der Waals surface area contributed by atoms with Gasteiger partial charge in [-0.05, 0) is 65.6 Å². The van der Waals surface area contributed by atoms with E-state index >= 15 is 0 Å². The van der Waals surface area contributed by atoms with Gasteiger partial charge in [-0.3, -0.25) is 4.79 Å². The van der Waals surface area contributed by atoms with Gasteiger partial charge in [-0.25, -0.2) is 9.07 Å². The lowest BCUT2D eigenvalue weighted by Crippen LogP contribution is -2.16. The molecule has 0 aliphatic carbocycles. The lowest BCUT2D eigenvalue weighted by atomic mass is 9.87. The number of hydrogen-bond acceptors (Lipinski definition) is 3.